The van der Waals surface area contributed by atoms with Crippen LogP contribution in [-0.4, -0.2) is 6.61 Å². The smallest absolute Gasteiger partial charge is 0.147 e. The van der Waals surface area contributed by atoms with E-state index >= 15 is 0 Å². The molecule has 0 N–H and O–H groups in total. The number of rotatable bonds is 7. The lowest BCUT2D eigenvalue weighted by molar-refractivity contribution is 0.301. The van der Waals surface area contributed by atoms with Crippen LogP contribution in [0, 0.1) is 0 Å². The minimum Gasteiger partial charge on any atom is -0.491 e. The first-order valence-corrected chi connectivity index (χ1v) is 7.41. The molecule has 0 aliphatic carbocycles. The van der Waals surface area contributed by atoms with E-state index in [1.165, 1.54) is 25.7 Å². The van der Waals surface area contributed by atoms with Crippen LogP contribution in [-0.2, 0) is 0 Å². The van der Waals surface area contributed by atoms with Gasteiger partial charge in [-0.3, -0.25) is 0 Å². The number of ether oxygens (including phenoxy) is 1. The van der Waals surface area contributed by atoms with Crippen molar-refractivity contribution in [2.75, 3.05) is 6.61 Å². The Hall–Kier alpha value is -0.0200. The van der Waals surface area contributed by atoms with Gasteiger partial charge in [-0.2, -0.15) is 0 Å². The zero-order valence-electron chi connectivity index (χ0n) is 9.64. The number of benzene rings is 1. The number of hydrogen-bond donors (Lipinski definition) is 0. The van der Waals surface area contributed by atoms with Gasteiger partial charge in [0.15, 0.2) is 0 Å². The van der Waals surface area contributed by atoms with E-state index in [1.807, 2.05) is 18.2 Å². The van der Waals surface area contributed by atoms with Crippen molar-refractivity contribution < 1.29 is 4.74 Å². The van der Waals surface area contributed by atoms with Crippen LogP contribution in [0.25, 0.3) is 0 Å². The average molecular weight is 350 g/mol. The standard InChI is InChI=1S/C13H18Br2O/c1-2-3-4-5-6-10-16-13-11(14)8-7-9-12(13)15/h7-9H,2-6,10H2,1H3. The van der Waals surface area contributed by atoms with Gasteiger partial charge < -0.3 is 4.74 Å². The van der Waals surface area contributed by atoms with Crippen molar-refractivity contribution in [1.29, 1.82) is 0 Å². The highest BCUT2D eigenvalue weighted by molar-refractivity contribution is 9.11. The zero-order chi connectivity index (χ0) is 11.8. The Balaban J connectivity index is 2.26. The Morgan fingerprint density at radius 1 is 1.00 bits per heavy atom. The summed E-state index contributed by atoms with van der Waals surface area (Å²) in [7, 11) is 0. The fourth-order valence-corrected chi connectivity index (χ4v) is 2.73. The van der Waals surface area contributed by atoms with Crippen molar-refractivity contribution >= 4 is 31.9 Å². The molecule has 16 heavy (non-hydrogen) atoms. The molecule has 0 atom stereocenters. The molecule has 1 aromatic rings. The molecule has 0 spiro atoms. The van der Waals surface area contributed by atoms with Gasteiger partial charge in [0.25, 0.3) is 0 Å². The molecular formula is C13H18Br2O. The summed E-state index contributed by atoms with van der Waals surface area (Å²) in [5.74, 6) is 0.915. The van der Waals surface area contributed by atoms with Crippen molar-refractivity contribution in [1.82, 2.24) is 0 Å². The van der Waals surface area contributed by atoms with Crippen molar-refractivity contribution in [2.24, 2.45) is 0 Å². The molecule has 1 nitrogen and oxygen atoms in total. The first-order chi connectivity index (χ1) is 7.75. The highest BCUT2D eigenvalue weighted by Crippen LogP contribution is 2.33. The van der Waals surface area contributed by atoms with Gasteiger partial charge in [-0.25, -0.2) is 0 Å². The monoisotopic (exact) mass is 348 g/mol. The molecule has 1 rings (SSSR count). The molecule has 3 heteroatoms. The lowest BCUT2D eigenvalue weighted by atomic mass is 10.2. The second-order valence-corrected chi connectivity index (χ2v) is 5.52. The average Bonchev–Trinajstić information content (AvgIpc) is 2.26. The second-order valence-electron chi connectivity index (χ2n) is 3.81. The molecule has 1 aromatic carbocycles. The fourth-order valence-electron chi connectivity index (χ4n) is 1.50. The van der Waals surface area contributed by atoms with E-state index in [-0.39, 0.29) is 0 Å². The molecule has 0 bridgehead atoms. The number of halogens is 2. The number of unbranched alkanes of at least 4 members (excludes halogenated alkanes) is 4. The predicted molar refractivity (Wildman–Crippen MR) is 76.1 cm³/mol. The maximum absolute atomic E-state index is 5.75. The first kappa shape index (κ1) is 14.0. The van der Waals surface area contributed by atoms with Gasteiger partial charge in [-0.1, -0.05) is 38.7 Å². The summed E-state index contributed by atoms with van der Waals surface area (Å²) in [6.07, 6.45) is 6.33. The van der Waals surface area contributed by atoms with Crippen LogP contribution >= 0.6 is 31.9 Å². The zero-order valence-corrected chi connectivity index (χ0v) is 12.8. The highest BCUT2D eigenvalue weighted by Gasteiger charge is 2.04. The van der Waals surface area contributed by atoms with Gasteiger partial charge in [0, 0.05) is 0 Å². The summed E-state index contributed by atoms with van der Waals surface area (Å²) in [5.41, 5.74) is 0. The predicted octanol–water partition coefficient (Wildman–Crippen LogP) is 5.56. The molecule has 0 fully saturated rings. The largest absolute Gasteiger partial charge is 0.491 e. The van der Waals surface area contributed by atoms with Gasteiger partial charge in [-0.15, -0.1) is 0 Å². The van der Waals surface area contributed by atoms with Gasteiger partial charge in [0.1, 0.15) is 5.75 Å². The van der Waals surface area contributed by atoms with Crippen LogP contribution in [0.3, 0.4) is 0 Å². The van der Waals surface area contributed by atoms with E-state index in [9.17, 15) is 0 Å². The number of hydrogen-bond acceptors (Lipinski definition) is 1. The van der Waals surface area contributed by atoms with Crippen LogP contribution in [0.5, 0.6) is 5.75 Å². The minimum absolute atomic E-state index is 0.797. The summed E-state index contributed by atoms with van der Waals surface area (Å²) >= 11 is 6.97. The summed E-state index contributed by atoms with van der Waals surface area (Å²) < 4.78 is 7.77. The van der Waals surface area contributed by atoms with Crippen molar-refractivity contribution in [3.8, 4) is 5.75 Å². The van der Waals surface area contributed by atoms with E-state index in [1.54, 1.807) is 0 Å². The van der Waals surface area contributed by atoms with Crippen LogP contribution in [0.2, 0.25) is 0 Å². The van der Waals surface area contributed by atoms with Gasteiger partial charge in [-0.05, 0) is 50.4 Å². The topological polar surface area (TPSA) is 9.23 Å². The Labute approximate surface area is 115 Å². The molecule has 0 aliphatic rings. The third kappa shape index (κ3) is 4.88. The summed E-state index contributed by atoms with van der Waals surface area (Å²) in [4.78, 5) is 0. The van der Waals surface area contributed by atoms with Crippen LogP contribution in [0.1, 0.15) is 39.0 Å². The molecule has 0 heterocycles. The maximum atomic E-state index is 5.75. The Kier molecular flexibility index (Phi) is 7.13. The van der Waals surface area contributed by atoms with Gasteiger partial charge >= 0.3 is 0 Å². The molecule has 0 radical (unpaired) electrons. The van der Waals surface area contributed by atoms with E-state index in [2.05, 4.69) is 38.8 Å². The molecule has 0 aliphatic heterocycles. The fraction of sp³-hybridized carbons (Fsp3) is 0.538. The summed E-state index contributed by atoms with van der Waals surface area (Å²) in [6.45, 7) is 3.03. The lowest BCUT2D eigenvalue weighted by Gasteiger charge is -2.09. The molecule has 0 saturated carbocycles. The molecule has 0 amide bonds. The normalized spacial score (nSPS) is 10.4. The SMILES string of the molecule is CCCCCCCOc1c(Br)cccc1Br. The third-order valence-corrected chi connectivity index (χ3v) is 3.66. The third-order valence-electron chi connectivity index (χ3n) is 2.41. The van der Waals surface area contributed by atoms with Crippen LogP contribution < -0.4 is 4.74 Å². The van der Waals surface area contributed by atoms with E-state index < -0.39 is 0 Å². The van der Waals surface area contributed by atoms with E-state index in [0.717, 1.165) is 27.7 Å². The Morgan fingerprint density at radius 3 is 2.25 bits per heavy atom. The molecule has 0 unspecified atom stereocenters. The van der Waals surface area contributed by atoms with Crippen molar-refractivity contribution in [3.05, 3.63) is 27.1 Å². The van der Waals surface area contributed by atoms with Crippen LogP contribution in [0.4, 0.5) is 0 Å². The van der Waals surface area contributed by atoms with Crippen LogP contribution in [0.15, 0.2) is 27.1 Å². The molecule has 90 valence electrons. The Bertz CT molecular complexity index is 293. The lowest BCUT2D eigenvalue weighted by Crippen LogP contribution is -1.98. The highest BCUT2D eigenvalue weighted by atomic mass is 79.9. The second kappa shape index (κ2) is 8.13. The quantitative estimate of drug-likeness (QED) is 0.585. The van der Waals surface area contributed by atoms with E-state index in [4.69, 9.17) is 4.74 Å². The summed E-state index contributed by atoms with van der Waals surface area (Å²) in [6, 6.07) is 5.98. The van der Waals surface area contributed by atoms with Gasteiger partial charge in [0.2, 0.25) is 0 Å². The molecule has 0 saturated heterocycles. The van der Waals surface area contributed by atoms with Crippen molar-refractivity contribution in [3.63, 3.8) is 0 Å². The first-order valence-electron chi connectivity index (χ1n) is 5.82. The summed E-state index contributed by atoms with van der Waals surface area (Å²) in [5, 5.41) is 0. The number of para-hydroxylation sites is 1. The Morgan fingerprint density at radius 2 is 1.62 bits per heavy atom. The molecular weight excluding hydrogens is 332 g/mol. The molecule has 0 aromatic heterocycles. The van der Waals surface area contributed by atoms with E-state index in [0.29, 0.717) is 0 Å². The maximum Gasteiger partial charge on any atom is 0.147 e. The minimum atomic E-state index is 0.797. The van der Waals surface area contributed by atoms with Gasteiger partial charge in [0.05, 0.1) is 15.6 Å². The van der Waals surface area contributed by atoms with Crippen molar-refractivity contribution in [2.45, 2.75) is 39.0 Å².